The Morgan fingerprint density at radius 3 is 2.52 bits per heavy atom. The molecule has 0 aliphatic heterocycles. The van der Waals surface area contributed by atoms with E-state index in [0.717, 1.165) is 17.8 Å². The van der Waals surface area contributed by atoms with Crippen LogP contribution in [0.3, 0.4) is 0 Å². The lowest BCUT2D eigenvalue weighted by Crippen LogP contribution is -2.41. The van der Waals surface area contributed by atoms with Gasteiger partial charge in [-0.3, -0.25) is 4.79 Å². The molecule has 0 radical (unpaired) electrons. The Labute approximate surface area is 134 Å². The molecule has 1 rings (SSSR count). The van der Waals surface area contributed by atoms with Crippen LogP contribution in [0, 0.1) is 6.92 Å². The number of nitrogens with zero attached hydrogens (tertiary/aromatic N) is 2. The van der Waals surface area contributed by atoms with Crippen molar-refractivity contribution in [1.82, 2.24) is 14.6 Å². The predicted octanol–water partition coefficient (Wildman–Crippen LogP) is 2.03. The van der Waals surface area contributed by atoms with E-state index < -0.39 is 10.0 Å². The van der Waals surface area contributed by atoms with Gasteiger partial charge >= 0.3 is 0 Å². The van der Waals surface area contributed by atoms with E-state index in [4.69, 9.17) is 11.6 Å². The average molecular weight is 354 g/mol. The Kier molecular flexibility index (Phi) is 7.05. The van der Waals surface area contributed by atoms with Gasteiger partial charge in [0.1, 0.15) is 0 Å². The van der Waals surface area contributed by atoms with Crippen LogP contribution in [0.5, 0.6) is 0 Å². The van der Waals surface area contributed by atoms with E-state index in [-0.39, 0.29) is 27.7 Å². The molecule has 1 amide bonds. The summed E-state index contributed by atoms with van der Waals surface area (Å²) in [6, 6.07) is 0. The highest BCUT2D eigenvalue weighted by Gasteiger charge is 2.30. The Balaban J connectivity index is 2.98. The summed E-state index contributed by atoms with van der Waals surface area (Å²) in [5, 5.41) is 2.68. The van der Waals surface area contributed by atoms with E-state index in [0.29, 0.717) is 18.7 Å². The monoisotopic (exact) mass is 353 g/mol. The Bertz CT molecular complexity index is 587. The molecule has 9 heteroatoms. The summed E-state index contributed by atoms with van der Waals surface area (Å²) in [4.78, 5) is 15.7. The fourth-order valence-electron chi connectivity index (χ4n) is 1.72. The standard InChI is InChI=1S/C12H20ClN3O3S2/c1-4-6-14-10(17)8-16(7-5-2)21(18,19)11-9(3)15-12(13)20-11/h4-8H2,1-3H3,(H,14,17). The predicted molar refractivity (Wildman–Crippen MR) is 84.2 cm³/mol. The molecule has 0 fully saturated rings. The number of sulfonamides is 1. The smallest absolute Gasteiger partial charge is 0.254 e. The molecule has 0 atom stereocenters. The molecule has 1 aromatic heterocycles. The first-order valence-corrected chi connectivity index (χ1v) is 9.36. The second-order valence-electron chi connectivity index (χ2n) is 4.53. The van der Waals surface area contributed by atoms with Crippen LogP contribution in [0.2, 0.25) is 4.47 Å². The SMILES string of the molecule is CCCNC(=O)CN(CCC)S(=O)(=O)c1sc(Cl)nc1C. The second kappa shape index (κ2) is 8.07. The third-order valence-electron chi connectivity index (χ3n) is 2.67. The molecule has 21 heavy (non-hydrogen) atoms. The van der Waals surface area contributed by atoms with Crippen molar-refractivity contribution in [3.8, 4) is 0 Å². The zero-order valence-corrected chi connectivity index (χ0v) is 14.7. The van der Waals surface area contributed by atoms with E-state index in [9.17, 15) is 13.2 Å². The van der Waals surface area contributed by atoms with E-state index in [1.165, 1.54) is 4.31 Å². The number of nitrogens with one attached hydrogen (secondary N) is 1. The fraction of sp³-hybridized carbons (Fsp3) is 0.667. The molecular formula is C12H20ClN3O3S2. The van der Waals surface area contributed by atoms with Crippen LogP contribution in [0.1, 0.15) is 32.4 Å². The molecule has 1 heterocycles. The summed E-state index contributed by atoms with van der Waals surface area (Å²) in [6.07, 6.45) is 1.42. The topological polar surface area (TPSA) is 79.4 Å². The first-order valence-electron chi connectivity index (χ1n) is 6.72. The molecule has 0 spiro atoms. The van der Waals surface area contributed by atoms with Gasteiger partial charge in [0, 0.05) is 13.1 Å². The van der Waals surface area contributed by atoms with Crippen molar-refractivity contribution in [2.24, 2.45) is 0 Å². The van der Waals surface area contributed by atoms with Gasteiger partial charge in [-0.15, -0.1) is 0 Å². The van der Waals surface area contributed by atoms with Crippen molar-refractivity contribution < 1.29 is 13.2 Å². The molecule has 1 N–H and O–H groups in total. The summed E-state index contributed by atoms with van der Waals surface area (Å²) >= 11 is 6.69. The molecule has 0 aliphatic rings. The van der Waals surface area contributed by atoms with Gasteiger partial charge in [0.25, 0.3) is 10.0 Å². The number of carbonyl (C=O) groups is 1. The zero-order valence-electron chi connectivity index (χ0n) is 12.3. The molecule has 0 bridgehead atoms. The number of rotatable bonds is 8. The summed E-state index contributed by atoms with van der Waals surface area (Å²) in [5.74, 6) is -0.304. The van der Waals surface area contributed by atoms with Gasteiger partial charge in [0.2, 0.25) is 5.91 Å². The lowest BCUT2D eigenvalue weighted by atomic mass is 10.4. The lowest BCUT2D eigenvalue weighted by molar-refractivity contribution is -0.121. The number of carbonyl (C=O) groups excluding carboxylic acids is 1. The number of thiazole rings is 1. The maximum Gasteiger partial charge on any atom is 0.254 e. The normalized spacial score (nSPS) is 11.9. The fourth-order valence-corrected chi connectivity index (χ4v) is 5.08. The maximum atomic E-state index is 12.6. The Morgan fingerprint density at radius 2 is 2.05 bits per heavy atom. The van der Waals surface area contributed by atoms with Gasteiger partial charge in [-0.1, -0.05) is 36.8 Å². The second-order valence-corrected chi connectivity index (χ2v) is 8.24. The van der Waals surface area contributed by atoms with Gasteiger partial charge in [0.05, 0.1) is 12.2 Å². The van der Waals surface area contributed by atoms with Gasteiger partial charge in [-0.25, -0.2) is 13.4 Å². The van der Waals surface area contributed by atoms with Crippen LogP contribution >= 0.6 is 22.9 Å². The molecule has 120 valence electrons. The highest BCUT2D eigenvalue weighted by Crippen LogP contribution is 2.29. The summed E-state index contributed by atoms with van der Waals surface area (Å²) in [6.45, 7) is 6.01. The molecule has 0 aromatic carbocycles. The largest absolute Gasteiger partial charge is 0.355 e. The van der Waals surface area contributed by atoms with Crippen LogP contribution in [0.4, 0.5) is 0 Å². The van der Waals surface area contributed by atoms with Gasteiger partial charge in [-0.2, -0.15) is 4.31 Å². The number of aryl methyl sites for hydroxylation is 1. The molecule has 0 aliphatic carbocycles. The van der Waals surface area contributed by atoms with Crippen molar-refractivity contribution >= 4 is 38.9 Å². The molecular weight excluding hydrogens is 334 g/mol. The molecule has 6 nitrogen and oxygen atoms in total. The summed E-state index contributed by atoms with van der Waals surface area (Å²) in [5.41, 5.74) is 0.361. The van der Waals surface area contributed by atoms with Crippen LogP contribution < -0.4 is 5.32 Å². The first-order chi connectivity index (χ1) is 9.82. The minimum atomic E-state index is -3.75. The number of amides is 1. The van der Waals surface area contributed by atoms with Crippen molar-refractivity contribution in [3.05, 3.63) is 10.2 Å². The zero-order chi connectivity index (χ0) is 16.0. The van der Waals surface area contributed by atoms with Gasteiger partial charge in [0.15, 0.2) is 8.68 Å². The van der Waals surface area contributed by atoms with Crippen molar-refractivity contribution in [2.45, 2.75) is 37.8 Å². The highest BCUT2D eigenvalue weighted by atomic mass is 35.5. The highest BCUT2D eigenvalue weighted by molar-refractivity contribution is 7.91. The lowest BCUT2D eigenvalue weighted by Gasteiger charge is -2.20. The van der Waals surface area contributed by atoms with Crippen molar-refractivity contribution in [1.29, 1.82) is 0 Å². The van der Waals surface area contributed by atoms with Crippen LogP contribution in [-0.4, -0.2) is 43.2 Å². The van der Waals surface area contributed by atoms with E-state index in [2.05, 4.69) is 10.3 Å². The number of hydrogen-bond acceptors (Lipinski definition) is 5. The Hall–Kier alpha value is -0.700. The van der Waals surface area contributed by atoms with Crippen molar-refractivity contribution in [2.75, 3.05) is 19.6 Å². The first kappa shape index (κ1) is 18.3. The number of halogens is 1. The minimum Gasteiger partial charge on any atom is -0.355 e. The number of aromatic nitrogens is 1. The summed E-state index contributed by atoms with van der Waals surface area (Å²) < 4.78 is 26.7. The van der Waals surface area contributed by atoms with E-state index in [1.54, 1.807) is 6.92 Å². The third kappa shape index (κ3) is 4.91. The van der Waals surface area contributed by atoms with E-state index >= 15 is 0 Å². The third-order valence-corrected chi connectivity index (χ3v) is 6.36. The number of hydrogen-bond donors (Lipinski definition) is 1. The van der Waals surface area contributed by atoms with Crippen LogP contribution in [-0.2, 0) is 14.8 Å². The Morgan fingerprint density at radius 1 is 1.38 bits per heavy atom. The average Bonchev–Trinajstić information content (AvgIpc) is 2.75. The molecule has 0 saturated carbocycles. The van der Waals surface area contributed by atoms with Gasteiger partial charge < -0.3 is 5.32 Å². The van der Waals surface area contributed by atoms with Gasteiger partial charge in [-0.05, 0) is 19.8 Å². The maximum absolute atomic E-state index is 12.6. The van der Waals surface area contributed by atoms with E-state index in [1.807, 2.05) is 13.8 Å². The van der Waals surface area contributed by atoms with Crippen LogP contribution in [0.25, 0.3) is 0 Å². The molecule has 1 aromatic rings. The molecule has 0 saturated heterocycles. The molecule has 0 unspecified atom stereocenters. The quantitative estimate of drug-likeness (QED) is 0.775. The van der Waals surface area contributed by atoms with Crippen molar-refractivity contribution in [3.63, 3.8) is 0 Å². The summed E-state index contributed by atoms with van der Waals surface area (Å²) in [7, 11) is -3.75. The minimum absolute atomic E-state index is 0.101. The van der Waals surface area contributed by atoms with Crippen LogP contribution in [0.15, 0.2) is 4.21 Å².